The summed E-state index contributed by atoms with van der Waals surface area (Å²) < 4.78 is 0. The third-order valence-electron chi connectivity index (χ3n) is 3.36. The fraction of sp³-hybridized carbons (Fsp3) is 0.625. The average Bonchev–Trinajstić information content (AvgIpc) is 2.48. The molecule has 0 spiro atoms. The highest BCUT2D eigenvalue weighted by Crippen LogP contribution is 2.08. The molecule has 2 N–H and O–H groups in total. The Morgan fingerprint density at radius 2 is 2.05 bits per heavy atom. The minimum atomic E-state index is 0.220. The molecule has 0 saturated carbocycles. The highest BCUT2D eigenvalue weighted by atomic mass is 16.2. The molecule has 118 valence electrons. The van der Waals surface area contributed by atoms with Crippen LogP contribution in [0.2, 0.25) is 0 Å². The third-order valence-corrected chi connectivity index (χ3v) is 3.36. The van der Waals surface area contributed by atoms with Gasteiger partial charge in [-0.1, -0.05) is 12.5 Å². The van der Waals surface area contributed by atoms with Crippen LogP contribution in [0.1, 0.15) is 31.2 Å². The van der Waals surface area contributed by atoms with Gasteiger partial charge in [0, 0.05) is 38.4 Å². The molecule has 0 bridgehead atoms. The van der Waals surface area contributed by atoms with Crippen molar-refractivity contribution in [2.45, 2.75) is 32.2 Å². The second-order valence-electron chi connectivity index (χ2n) is 5.58. The van der Waals surface area contributed by atoms with E-state index in [1.165, 1.54) is 0 Å². The zero-order chi connectivity index (χ0) is 15.5. The minimum absolute atomic E-state index is 0.220. The van der Waals surface area contributed by atoms with Crippen molar-refractivity contribution < 1.29 is 4.79 Å². The summed E-state index contributed by atoms with van der Waals surface area (Å²) in [6.45, 7) is 2.96. The summed E-state index contributed by atoms with van der Waals surface area (Å²) in [5.74, 6) is 0.220. The molecule has 5 nitrogen and oxygen atoms in total. The molecule has 0 unspecified atom stereocenters. The molecule has 0 saturated heterocycles. The Morgan fingerprint density at radius 3 is 2.67 bits per heavy atom. The Kier molecular flexibility index (Phi) is 8.62. The van der Waals surface area contributed by atoms with E-state index in [2.05, 4.69) is 9.88 Å². The lowest BCUT2D eigenvalue weighted by Gasteiger charge is -2.24. The number of amides is 1. The number of nitrogens with zero attached hydrogens (tertiary/aromatic N) is 3. The highest BCUT2D eigenvalue weighted by Gasteiger charge is 2.13. The van der Waals surface area contributed by atoms with Crippen LogP contribution in [0.5, 0.6) is 0 Å². The van der Waals surface area contributed by atoms with E-state index in [1.54, 1.807) is 6.20 Å². The minimum Gasteiger partial charge on any atom is -0.337 e. The van der Waals surface area contributed by atoms with Crippen LogP contribution in [0.3, 0.4) is 0 Å². The van der Waals surface area contributed by atoms with Crippen molar-refractivity contribution >= 4 is 5.91 Å². The van der Waals surface area contributed by atoms with Gasteiger partial charge in [-0.25, -0.2) is 0 Å². The predicted molar refractivity (Wildman–Crippen MR) is 85.7 cm³/mol. The largest absolute Gasteiger partial charge is 0.337 e. The summed E-state index contributed by atoms with van der Waals surface area (Å²) >= 11 is 0. The zero-order valence-corrected chi connectivity index (χ0v) is 13.3. The maximum absolute atomic E-state index is 12.4. The van der Waals surface area contributed by atoms with E-state index < -0.39 is 0 Å². The van der Waals surface area contributed by atoms with E-state index in [-0.39, 0.29) is 5.91 Å². The number of carbonyl (C=O) groups is 1. The molecular formula is C16H28N4O. The van der Waals surface area contributed by atoms with Crippen LogP contribution in [0.25, 0.3) is 0 Å². The quantitative estimate of drug-likeness (QED) is 0.664. The lowest BCUT2D eigenvalue weighted by Crippen LogP contribution is -2.36. The Morgan fingerprint density at radius 1 is 1.24 bits per heavy atom. The number of carbonyl (C=O) groups excluding carboxylic acids is 1. The molecule has 0 fully saturated rings. The van der Waals surface area contributed by atoms with Gasteiger partial charge in [-0.2, -0.15) is 0 Å². The SMILES string of the molecule is CN(C)CCN(Cc1cccnc1)C(=O)CCCCCN. The Labute approximate surface area is 128 Å². The van der Waals surface area contributed by atoms with Crippen LogP contribution in [-0.4, -0.2) is 54.4 Å². The second kappa shape index (κ2) is 10.3. The van der Waals surface area contributed by atoms with Gasteiger partial charge in [-0.05, 0) is 45.1 Å². The number of rotatable bonds is 10. The summed E-state index contributed by atoms with van der Waals surface area (Å²) in [6, 6.07) is 3.92. The average molecular weight is 292 g/mol. The summed E-state index contributed by atoms with van der Waals surface area (Å²) in [5.41, 5.74) is 6.56. The van der Waals surface area contributed by atoms with Crippen LogP contribution in [0, 0.1) is 0 Å². The van der Waals surface area contributed by atoms with Gasteiger partial charge in [-0.15, -0.1) is 0 Å². The Bertz CT molecular complexity index is 395. The van der Waals surface area contributed by atoms with Crippen molar-refractivity contribution in [3.8, 4) is 0 Å². The van der Waals surface area contributed by atoms with Crippen LogP contribution >= 0.6 is 0 Å². The van der Waals surface area contributed by atoms with E-state index in [4.69, 9.17) is 5.73 Å². The standard InChI is InChI=1S/C16H28N4O/c1-19(2)11-12-20(14-15-7-6-10-18-13-15)16(21)8-4-3-5-9-17/h6-7,10,13H,3-5,8-9,11-12,14,17H2,1-2H3. The number of aromatic nitrogens is 1. The molecule has 21 heavy (non-hydrogen) atoms. The zero-order valence-electron chi connectivity index (χ0n) is 13.3. The molecule has 0 aliphatic carbocycles. The number of hydrogen-bond acceptors (Lipinski definition) is 4. The molecule has 1 heterocycles. The van der Waals surface area contributed by atoms with E-state index in [1.807, 2.05) is 37.3 Å². The molecule has 0 aliphatic heterocycles. The molecule has 1 rings (SSSR count). The van der Waals surface area contributed by atoms with E-state index in [0.717, 1.165) is 37.9 Å². The first kappa shape index (κ1) is 17.6. The molecule has 5 heteroatoms. The van der Waals surface area contributed by atoms with Gasteiger partial charge in [0.2, 0.25) is 5.91 Å². The van der Waals surface area contributed by atoms with E-state index >= 15 is 0 Å². The summed E-state index contributed by atoms with van der Waals surface area (Å²) in [7, 11) is 4.04. The van der Waals surface area contributed by atoms with Gasteiger partial charge < -0.3 is 15.5 Å². The maximum Gasteiger partial charge on any atom is 0.222 e. The van der Waals surface area contributed by atoms with Gasteiger partial charge in [0.05, 0.1) is 0 Å². The van der Waals surface area contributed by atoms with Crippen LogP contribution in [0.15, 0.2) is 24.5 Å². The van der Waals surface area contributed by atoms with Crippen molar-refractivity contribution in [1.82, 2.24) is 14.8 Å². The maximum atomic E-state index is 12.4. The fourth-order valence-corrected chi connectivity index (χ4v) is 2.08. The molecule has 0 aromatic carbocycles. The summed E-state index contributed by atoms with van der Waals surface area (Å²) in [4.78, 5) is 20.5. The predicted octanol–water partition coefficient (Wildman–Crippen LogP) is 1.49. The number of nitrogens with two attached hydrogens (primary N) is 1. The van der Waals surface area contributed by atoms with Gasteiger partial charge in [-0.3, -0.25) is 9.78 Å². The third kappa shape index (κ3) is 7.78. The van der Waals surface area contributed by atoms with Crippen molar-refractivity contribution in [3.05, 3.63) is 30.1 Å². The van der Waals surface area contributed by atoms with E-state index in [9.17, 15) is 4.79 Å². The smallest absolute Gasteiger partial charge is 0.222 e. The molecule has 1 aromatic rings. The monoisotopic (exact) mass is 292 g/mol. The van der Waals surface area contributed by atoms with Crippen LogP contribution in [0.4, 0.5) is 0 Å². The normalized spacial score (nSPS) is 10.9. The van der Waals surface area contributed by atoms with E-state index in [0.29, 0.717) is 19.5 Å². The topological polar surface area (TPSA) is 62.5 Å². The fourth-order valence-electron chi connectivity index (χ4n) is 2.08. The first-order chi connectivity index (χ1) is 10.1. The summed E-state index contributed by atoms with van der Waals surface area (Å²) in [6.07, 6.45) is 7.12. The molecular weight excluding hydrogens is 264 g/mol. The molecule has 1 aromatic heterocycles. The van der Waals surface area contributed by atoms with Gasteiger partial charge in [0.1, 0.15) is 0 Å². The number of pyridine rings is 1. The number of likely N-dealkylation sites (N-methyl/N-ethyl adjacent to an activating group) is 1. The molecule has 0 aliphatic rings. The first-order valence-corrected chi connectivity index (χ1v) is 7.65. The van der Waals surface area contributed by atoms with Crippen molar-refractivity contribution in [3.63, 3.8) is 0 Å². The molecule has 0 radical (unpaired) electrons. The Hall–Kier alpha value is -1.46. The molecule has 0 atom stereocenters. The van der Waals surface area contributed by atoms with Gasteiger partial charge in [0.25, 0.3) is 0 Å². The lowest BCUT2D eigenvalue weighted by molar-refractivity contribution is -0.132. The lowest BCUT2D eigenvalue weighted by atomic mass is 10.1. The van der Waals surface area contributed by atoms with Crippen molar-refractivity contribution in [2.24, 2.45) is 5.73 Å². The highest BCUT2D eigenvalue weighted by molar-refractivity contribution is 5.76. The number of hydrogen-bond donors (Lipinski definition) is 1. The van der Waals surface area contributed by atoms with Crippen LogP contribution in [-0.2, 0) is 11.3 Å². The number of unbranched alkanes of at least 4 members (excludes halogenated alkanes) is 2. The van der Waals surface area contributed by atoms with Crippen molar-refractivity contribution in [1.29, 1.82) is 0 Å². The second-order valence-corrected chi connectivity index (χ2v) is 5.58. The summed E-state index contributed by atoms with van der Waals surface area (Å²) in [5, 5.41) is 0. The molecule has 1 amide bonds. The van der Waals surface area contributed by atoms with Crippen LogP contribution < -0.4 is 5.73 Å². The van der Waals surface area contributed by atoms with Crippen molar-refractivity contribution in [2.75, 3.05) is 33.7 Å². The van der Waals surface area contributed by atoms with Gasteiger partial charge in [0.15, 0.2) is 0 Å². The Balaban J connectivity index is 2.52. The first-order valence-electron chi connectivity index (χ1n) is 7.65. The van der Waals surface area contributed by atoms with Gasteiger partial charge >= 0.3 is 0 Å².